The summed E-state index contributed by atoms with van der Waals surface area (Å²) >= 11 is 0. The summed E-state index contributed by atoms with van der Waals surface area (Å²) in [6.07, 6.45) is 18.4. The Morgan fingerprint density at radius 1 is 0.432 bits per heavy atom. The smallest absolute Gasteiger partial charge is 0.0689 e. The summed E-state index contributed by atoms with van der Waals surface area (Å²) in [5.41, 5.74) is 13.3. The lowest BCUT2D eigenvalue weighted by atomic mass is 9.68. The minimum atomic E-state index is -0.292. The third-order valence-corrected chi connectivity index (χ3v) is 14.4. The Bertz CT molecular complexity index is 1100. The van der Waals surface area contributed by atoms with Crippen LogP contribution in [-0.2, 0) is 0 Å². The molecule has 244 valence electrons. The summed E-state index contributed by atoms with van der Waals surface area (Å²) < 4.78 is 0. The fourth-order valence-electron chi connectivity index (χ4n) is 12.3. The maximum absolute atomic E-state index is 10.4. The van der Waals surface area contributed by atoms with E-state index in [0.717, 1.165) is 6.42 Å². The minimum absolute atomic E-state index is 0.0154. The van der Waals surface area contributed by atoms with Crippen molar-refractivity contribution < 1.29 is 0 Å². The average Bonchev–Trinajstić information content (AvgIpc) is 3.77. The molecule has 19 atom stereocenters. The average molecular weight is 608 g/mol. The molecule has 4 aliphatic carbocycles. The number of hydrogen-bond donors (Lipinski definition) is 10. The highest BCUT2D eigenvalue weighted by Gasteiger charge is 2.57. The predicted molar refractivity (Wildman–Crippen MR) is 168 cm³/mol. The number of hydrogen-bond acceptors (Lipinski definition) is 11. The van der Waals surface area contributed by atoms with Crippen molar-refractivity contribution in [1.29, 1.82) is 5.26 Å². The lowest BCUT2D eigenvalue weighted by Crippen LogP contribution is -2.62. The Labute approximate surface area is 263 Å². The summed E-state index contributed by atoms with van der Waals surface area (Å²) in [6.45, 7) is 0. The molecule has 4 saturated carbocycles. The molecule has 0 spiro atoms. The molecule has 11 heteroatoms. The zero-order valence-corrected chi connectivity index (χ0v) is 26.3. The van der Waals surface area contributed by atoms with Crippen LogP contribution in [0.15, 0.2) is 0 Å². The van der Waals surface area contributed by atoms with Crippen LogP contribution >= 0.6 is 0 Å². The quantitative estimate of drug-likeness (QED) is 0.183. The maximum Gasteiger partial charge on any atom is 0.0689 e. The minimum Gasteiger partial charge on any atom is -0.326 e. The first-order chi connectivity index (χ1) is 21.6. The lowest BCUT2D eigenvalue weighted by molar-refractivity contribution is 0.121. The Morgan fingerprint density at radius 3 is 1.05 bits per heavy atom. The number of nitriles is 1. The summed E-state index contributed by atoms with van der Waals surface area (Å²) in [4.78, 5) is 0. The predicted octanol–water partition coefficient (Wildman–Crippen LogP) is 0.230. The van der Waals surface area contributed by atoms with Gasteiger partial charge in [0.2, 0.25) is 0 Å². The Hall–Kier alpha value is -0.910. The van der Waals surface area contributed by atoms with Gasteiger partial charge < -0.3 is 11.5 Å². The zero-order chi connectivity index (χ0) is 29.5. The third-order valence-electron chi connectivity index (χ3n) is 14.4. The monoisotopic (exact) mass is 607 g/mol. The molecule has 12 N–H and O–H groups in total. The summed E-state index contributed by atoms with van der Waals surface area (Å²) in [5.74, 6) is 3.91. The van der Waals surface area contributed by atoms with E-state index in [1.807, 2.05) is 0 Å². The van der Waals surface area contributed by atoms with E-state index in [0.29, 0.717) is 60.2 Å². The van der Waals surface area contributed by atoms with E-state index < -0.39 is 0 Å². The molecular formula is C33H57N11. The third kappa shape index (κ3) is 4.74. The Balaban J connectivity index is 1.08. The first-order valence-corrected chi connectivity index (χ1v) is 18.6. The zero-order valence-electron chi connectivity index (χ0n) is 26.3. The second kappa shape index (κ2) is 11.7. The topological polar surface area (TPSA) is 172 Å². The number of nitrogens with two attached hydrogens (primary N) is 2. The molecule has 0 aromatic heterocycles. The van der Waals surface area contributed by atoms with Crippen LogP contribution in [0.1, 0.15) is 83.5 Å². The summed E-state index contributed by atoms with van der Waals surface area (Å²) in [7, 11) is 0. The molecule has 19 unspecified atom stereocenters. The van der Waals surface area contributed by atoms with Gasteiger partial charge in [-0.25, -0.2) is 0 Å². The van der Waals surface area contributed by atoms with Gasteiger partial charge >= 0.3 is 0 Å². The van der Waals surface area contributed by atoms with Crippen molar-refractivity contribution in [2.24, 2.45) is 64.7 Å². The summed E-state index contributed by atoms with van der Waals surface area (Å²) in [6, 6.07) is 2.20. The molecule has 11 nitrogen and oxygen atoms in total. The van der Waals surface area contributed by atoms with E-state index in [2.05, 4.69) is 48.6 Å². The largest absolute Gasteiger partial charge is 0.326 e. The molecule has 9 aliphatic rings. The van der Waals surface area contributed by atoms with Gasteiger partial charge in [0.25, 0.3) is 0 Å². The Kier molecular flexibility index (Phi) is 7.75. The first kappa shape index (κ1) is 29.2. The molecule has 0 aromatic carbocycles. The van der Waals surface area contributed by atoms with Crippen molar-refractivity contribution >= 4 is 0 Å². The molecule has 8 bridgehead atoms. The lowest BCUT2D eigenvalue weighted by Gasteiger charge is -2.42. The van der Waals surface area contributed by atoms with Gasteiger partial charge in [-0.2, -0.15) is 5.26 Å². The fourth-order valence-corrected chi connectivity index (χ4v) is 12.3. The van der Waals surface area contributed by atoms with E-state index in [9.17, 15) is 5.26 Å². The van der Waals surface area contributed by atoms with Crippen molar-refractivity contribution in [2.75, 3.05) is 0 Å². The molecule has 0 amide bonds. The van der Waals surface area contributed by atoms with Gasteiger partial charge in [0.1, 0.15) is 0 Å². The van der Waals surface area contributed by atoms with Gasteiger partial charge in [0.05, 0.1) is 61.3 Å². The number of nitrogens with one attached hydrogen (secondary N) is 8. The number of rotatable bonds is 0. The van der Waals surface area contributed by atoms with E-state index in [1.54, 1.807) is 0 Å². The van der Waals surface area contributed by atoms with Gasteiger partial charge in [-0.15, -0.1) is 0 Å². The van der Waals surface area contributed by atoms with Crippen LogP contribution in [0.2, 0.25) is 0 Å². The fraction of sp³-hybridized carbons (Fsp3) is 0.970. The van der Waals surface area contributed by atoms with Gasteiger partial charge in [0.15, 0.2) is 0 Å². The van der Waals surface area contributed by atoms with Crippen LogP contribution in [0.25, 0.3) is 0 Å². The van der Waals surface area contributed by atoms with Crippen LogP contribution < -0.4 is 54.0 Å². The second-order valence-corrected chi connectivity index (χ2v) is 16.4. The highest BCUT2D eigenvalue weighted by atomic mass is 15.4. The molecule has 5 heterocycles. The van der Waals surface area contributed by atoms with Crippen molar-refractivity contribution in [2.45, 2.75) is 145 Å². The highest BCUT2D eigenvalue weighted by molar-refractivity contribution is 5.15. The van der Waals surface area contributed by atoms with Crippen LogP contribution in [0.5, 0.6) is 0 Å². The van der Waals surface area contributed by atoms with Gasteiger partial charge in [-0.1, -0.05) is 38.5 Å². The van der Waals surface area contributed by atoms with Crippen molar-refractivity contribution in [3.8, 4) is 6.07 Å². The molecule has 5 saturated heterocycles. The van der Waals surface area contributed by atoms with Gasteiger partial charge in [-0.05, 0) is 86.4 Å². The van der Waals surface area contributed by atoms with Crippen LogP contribution in [-0.4, -0.2) is 61.4 Å². The number of nitrogens with zero attached hydrogens (tertiary/aromatic N) is 1. The van der Waals surface area contributed by atoms with Gasteiger partial charge in [0, 0.05) is 18.0 Å². The van der Waals surface area contributed by atoms with E-state index in [4.69, 9.17) is 11.5 Å². The normalized spacial score (nSPS) is 58.3. The van der Waals surface area contributed by atoms with Crippen LogP contribution in [0.4, 0.5) is 0 Å². The highest BCUT2D eigenvalue weighted by Crippen LogP contribution is 2.46. The summed E-state index contributed by atoms with van der Waals surface area (Å²) in [5, 5.41) is 43.5. The SMILES string of the molecule is N#CC1C(N)C(N)CC2C3NC4NC(NC5NC(NC6NC(NC(N3)C12)C1CCCCC61)C1CCCCC51)C1CCCCC41. The molecule has 9 rings (SSSR count). The van der Waals surface area contributed by atoms with E-state index in [1.165, 1.54) is 77.0 Å². The molecule has 5 aliphatic heterocycles. The van der Waals surface area contributed by atoms with Crippen molar-refractivity contribution in [3.63, 3.8) is 0 Å². The maximum atomic E-state index is 10.4. The molecule has 0 radical (unpaired) electrons. The van der Waals surface area contributed by atoms with Gasteiger partial charge in [-0.3, -0.25) is 42.5 Å². The van der Waals surface area contributed by atoms with Crippen molar-refractivity contribution in [1.82, 2.24) is 42.5 Å². The molecular weight excluding hydrogens is 550 g/mol. The van der Waals surface area contributed by atoms with Crippen LogP contribution in [0.3, 0.4) is 0 Å². The molecule has 44 heavy (non-hydrogen) atoms. The first-order valence-electron chi connectivity index (χ1n) is 18.6. The molecule has 9 fully saturated rings. The van der Waals surface area contributed by atoms with E-state index >= 15 is 0 Å². The van der Waals surface area contributed by atoms with Crippen molar-refractivity contribution in [3.05, 3.63) is 0 Å². The Morgan fingerprint density at radius 2 is 0.727 bits per heavy atom. The molecule has 0 aromatic rings. The van der Waals surface area contributed by atoms with Crippen LogP contribution in [0, 0.1) is 64.6 Å². The standard InChI is InChI=1S/C33H57N11/c34-14-22-24-21(13-23(35)25(22)36)32-42-30-18-10-4-3-9-17(18)28(40-30)38-26-15-7-1-2-8-16(15)27(37-26)39-29-19-11-5-6-12-20(19)31(41-29)43-33(24)44-32/h15-33,37-44H,1-13,35-36H2. The second-order valence-electron chi connectivity index (χ2n) is 16.4. The number of fused-ring (bicyclic) bond motifs is 20. The van der Waals surface area contributed by atoms with E-state index in [-0.39, 0.29) is 54.5 Å².